The maximum atomic E-state index is 12.2. The van der Waals surface area contributed by atoms with Crippen LogP contribution in [0.3, 0.4) is 0 Å². The molecule has 6 heteroatoms. The van der Waals surface area contributed by atoms with E-state index in [1.807, 2.05) is 60.7 Å². The zero-order valence-corrected chi connectivity index (χ0v) is 16.7. The molecule has 2 N–H and O–H groups in total. The summed E-state index contributed by atoms with van der Waals surface area (Å²) < 4.78 is 5.54. The summed E-state index contributed by atoms with van der Waals surface area (Å²) in [6.07, 6.45) is 1.68. The number of hydrogen-bond acceptors (Lipinski definition) is 4. The van der Waals surface area contributed by atoms with E-state index in [1.165, 1.54) is 0 Å². The minimum atomic E-state index is -0.257. The highest BCUT2D eigenvalue weighted by atomic mass is 16.5. The van der Waals surface area contributed by atoms with Crippen molar-refractivity contribution in [3.8, 4) is 5.75 Å². The van der Waals surface area contributed by atoms with Crippen molar-refractivity contribution in [1.29, 1.82) is 0 Å². The van der Waals surface area contributed by atoms with Gasteiger partial charge in [0.05, 0.1) is 12.2 Å². The van der Waals surface area contributed by atoms with E-state index in [0.717, 1.165) is 16.5 Å². The topological polar surface area (TPSA) is 80.3 Å². The molecule has 0 aliphatic carbocycles. The van der Waals surface area contributed by atoms with Gasteiger partial charge in [0.25, 0.3) is 11.8 Å². The van der Waals surface area contributed by atoms with Gasteiger partial charge in [-0.25, -0.2) is 0 Å². The molecule has 154 valence electrons. The molecule has 0 aliphatic heterocycles. The lowest BCUT2D eigenvalue weighted by molar-refractivity contribution is -0.118. The number of nitrogens with zero attached hydrogens (tertiary/aromatic N) is 1. The van der Waals surface area contributed by atoms with E-state index in [2.05, 4.69) is 15.6 Å². The van der Waals surface area contributed by atoms with Gasteiger partial charge in [-0.05, 0) is 59.3 Å². The van der Waals surface area contributed by atoms with Crippen LogP contribution >= 0.6 is 0 Å². The van der Waals surface area contributed by atoms with Gasteiger partial charge in [-0.2, -0.15) is 0 Å². The highest BCUT2D eigenvalue weighted by Crippen LogP contribution is 2.19. The molecule has 6 nitrogen and oxygen atoms in total. The molecule has 0 spiro atoms. The third kappa shape index (κ3) is 5.45. The van der Waals surface area contributed by atoms with Crippen LogP contribution in [0.4, 0.5) is 5.69 Å². The van der Waals surface area contributed by atoms with Crippen LogP contribution in [0, 0.1) is 0 Å². The second kappa shape index (κ2) is 9.54. The summed E-state index contributed by atoms with van der Waals surface area (Å²) in [6, 6.07) is 25.9. The van der Waals surface area contributed by atoms with Gasteiger partial charge in [-0.3, -0.25) is 14.6 Å². The Morgan fingerprint density at radius 1 is 0.839 bits per heavy atom. The average molecular weight is 411 g/mol. The number of pyridine rings is 1. The number of anilines is 1. The number of carbonyl (C=O) groups excluding carboxylic acids is 2. The number of rotatable bonds is 7. The molecule has 0 bridgehead atoms. The average Bonchev–Trinajstić information content (AvgIpc) is 2.82. The second-order valence-corrected chi connectivity index (χ2v) is 6.93. The van der Waals surface area contributed by atoms with Crippen molar-refractivity contribution in [3.63, 3.8) is 0 Å². The predicted octanol–water partition coefficient (Wildman–Crippen LogP) is 4.18. The van der Waals surface area contributed by atoms with Crippen molar-refractivity contribution in [2.75, 3.05) is 11.9 Å². The Balaban J connectivity index is 1.27. The monoisotopic (exact) mass is 411 g/mol. The highest BCUT2D eigenvalue weighted by Gasteiger charge is 2.08. The van der Waals surface area contributed by atoms with Crippen LogP contribution in [0.5, 0.6) is 5.75 Å². The van der Waals surface area contributed by atoms with E-state index in [-0.39, 0.29) is 18.4 Å². The third-order valence-electron chi connectivity index (χ3n) is 4.68. The Kier molecular flexibility index (Phi) is 6.18. The van der Waals surface area contributed by atoms with Crippen LogP contribution in [0.15, 0.2) is 91.1 Å². The molecular weight excluding hydrogens is 390 g/mol. The Labute approximate surface area is 179 Å². The van der Waals surface area contributed by atoms with Crippen LogP contribution in [0.1, 0.15) is 16.1 Å². The molecule has 0 saturated heterocycles. The van der Waals surface area contributed by atoms with E-state index in [1.54, 1.807) is 30.5 Å². The number of carbonyl (C=O) groups is 2. The lowest BCUT2D eigenvalue weighted by Gasteiger charge is -2.09. The SMILES string of the molecule is O=C(COc1ccc(C(=O)NCc2ccccn2)cc1)Nc1ccc2ccccc2c1. The Bertz CT molecular complexity index is 1190. The predicted molar refractivity (Wildman–Crippen MR) is 120 cm³/mol. The molecule has 1 aromatic heterocycles. The van der Waals surface area contributed by atoms with Crippen molar-refractivity contribution in [2.45, 2.75) is 6.54 Å². The van der Waals surface area contributed by atoms with E-state index < -0.39 is 0 Å². The van der Waals surface area contributed by atoms with Crippen LogP contribution in [-0.2, 0) is 11.3 Å². The quantitative estimate of drug-likeness (QED) is 0.478. The number of hydrogen-bond donors (Lipinski definition) is 2. The summed E-state index contributed by atoms with van der Waals surface area (Å²) >= 11 is 0. The van der Waals surface area contributed by atoms with Gasteiger partial charge in [-0.15, -0.1) is 0 Å². The Morgan fingerprint density at radius 3 is 2.39 bits per heavy atom. The van der Waals surface area contributed by atoms with E-state index in [4.69, 9.17) is 4.74 Å². The highest BCUT2D eigenvalue weighted by molar-refractivity contribution is 5.95. The number of nitrogens with one attached hydrogen (secondary N) is 2. The number of benzene rings is 3. The molecule has 2 amide bonds. The van der Waals surface area contributed by atoms with Gasteiger partial charge < -0.3 is 15.4 Å². The summed E-state index contributed by atoms with van der Waals surface area (Å²) in [5, 5.41) is 7.82. The molecule has 1 heterocycles. The fraction of sp³-hybridized carbons (Fsp3) is 0.0800. The number of fused-ring (bicyclic) bond motifs is 1. The number of amides is 2. The van der Waals surface area contributed by atoms with Crippen molar-refractivity contribution < 1.29 is 14.3 Å². The van der Waals surface area contributed by atoms with Crippen LogP contribution in [-0.4, -0.2) is 23.4 Å². The number of aromatic nitrogens is 1. The Hall–Kier alpha value is -4.19. The van der Waals surface area contributed by atoms with Crippen molar-refractivity contribution in [3.05, 3.63) is 102 Å². The standard InChI is InChI=1S/C25H21N3O3/c29-24(28-21-11-8-18-5-1-2-6-20(18)15-21)17-31-23-12-9-19(10-13-23)25(30)27-16-22-7-3-4-14-26-22/h1-15H,16-17H2,(H,27,30)(H,28,29). The van der Waals surface area contributed by atoms with Gasteiger partial charge in [0.1, 0.15) is 5.75 Å². The van der Waals surface area contributed by atoms with E-state index in [9.17, 15) is 9.59 Å². The maximum absolute atomic E-state index is 12.2. The normalized spacial score (nSPS) is 10.5. The first-order valence-corrected chi connectivity index (χ1v) is 9.87. The van der Waals surface area contributed by atoms with Gasteiger partial charge in [-0.1, -0.05) is 36.4 Å². The zero-order chi connectivity index (χ0) is 21.5. The van der Waals surface area contributed by atoms with Crippen LogP contribution in [0.2, 0.25) is 0 Å². The fourth-order valence-corrected chi connectivity index (χ4v) is 3.09. The molecule has 0 atom stereocenters. The molecular formula is C25H21N3O3. The first-order valence-electron chi connectivity index (χ1n) is 9.87. The molecule has 0 fully saturated rings. The largest absolute Gasteiger partial charge is 0.484 e. The molecule has 0 saturated carbocycles. The molecule has 0 radical (unpaired) electrons. The van der Waals surface area contributed by atoms with Gasteiger partial charge in [0, 0.05) is 17.4 Å². The molecule has 0 aliphatic rings. The molecule has 4 rings (SSSR count). The molecule has 31 heavy (non-hydrogen) atoms. The second-order valence-electron chi connectivity index (χ2n) is 6.93. The number of ether oxygens (including phenoxy) is 1. The van der Waals surface area contributed by atoms with Gasteiger partial charge >= 0.3 is 0 Å². The fourth-order valence-electron chi connectivity index (χ4n) is 3.09. The van der Waals surface area contributed by atoms with Crippen LogP contribution < -0.4 is 15.4 Å². The first-order chi connectivity index (χ1) is 15.2. The Morgan fingerprint density at radius 2 is 1.61 bits per heavy atom. The zero-order valence-electron chi connectivity index (χ0n) is 16.7. The summed E-state index contributed by atoms with van der Waals surface area (Å²) in [4.78, 5) is 28.6. The summed E-state index contributed by atoms with van der Waals surface area (Å²) in [6.45, 7) is 0.227. The minimum absolute atomic E-state index is 0.127. The van der Waals surface area contributed by atoms with Crippen molar-refractivity contribution in [1.82, 2.24) is 10.3 Å². The van der Waals surface area contributed by atoms with E-state index >= 15 is 0 Å². The lowest BCUT2D eigenvalue weighted by atomic mass is 10.1. The smallest absolute Gasteiger partial charge is 0.262 e. The van der Waals surface area contributed by atoms with Gasteiger partial charge in [0.15, 0.2) is 6.61 Å². The van der Waals surface area contributed by atoms with Crippen LogP contribution in [0.25, 0.3) is 10.8 Å². The van der Waals surface area contributed by atoms with Gasteiger partial charge in [0.2, 0.25) is 0 Å². The molecule has 3 aromatic carbocycles. The summed E-state index contributed by atoms with van der Waals surface area (Å²) in [5.41, 5.74) is 2.00. The summed E-state index contributed by atoms with van der Waals surface area (Å²) in [7, 11) is 0. The maximum Gasteiger partial charge on any atom is 0.262 e. The van der Waals surface area contributed by atoms with Crippen molar-refractivity contribution >= 4 is 28.3 Å². The minimum Gasteiger partial charge on any atom is -0.484 e. The first kappa shape index (κ1) is 20.1. The third-order valence-corrected chi connectivity index (χ3v) is 4.68. The van der Waals surface area contributed by atoms with Crippen molar-refractivity contribution in [2.24, 2.45) is 0 Å². The molecule has 4 aromatic rings. The lowest BCUT2D eigenvalue weighted by Crippen LogP contribution is -2.23. The summed E-state index contributed by atoms with van der Waals surface area (Å²) in [5.74, 6) is 0.0497. The molecule has 0 unspecified atom stereocenters. The van der Waals surface area contributed by atoms with E-state index in [0.29, 0.717) is 23.5 Å².